The van der Waals surface area contributed by atoms with Crippen molar-refractivity contribution in [2.24, 2.45) is 0 Å². The van der Waals surface area contributed by atoms with Crippen LogP contribution in [-0.2, 0) is 17.8 Å². The minimum Gasteiger partial charge on any atom is -0.463 e. The van der Waals surface area contributed by atoms with Gasteiger partial charge in [0.05, 0.1) is 6.61 Å². The summed E-state index contributed by atoms with van der Waals surface area (Å²) < 4.78 is 16.9. The van der Waals surface area contributed by atoms with E-state index in [9.17, 15) is 9.59 Å². The Hall–Kier alpha value is -0.259. The van der Waals surface area contributed by atoms with Crippen LogP contribution in [0.4, 0.5) is 0 Å². The van der Waals surface area contributed by atoms with Crippen molar-refractivity contribution in [1.29, 1.82) is 0 Å². The summed E-state index contributed by atoms with van der Waals surface area (Å²) in [7, 11) is -6.99. The van der Waals surface area contributed by atoms with E-state index in [0.717, 1.165) is 0 Å². The average molecular weight is 351 g/mol. The van der Waals surface area contributed by atoms with Crippen molar-refractivity contribution in [1.82, 2.24) is 0 Å². The minimum absolute atomic E-state index is 0.266. The maximum Gasteiger partial charge on any atom is 0.477 e. The van der Waals surface area contributed by atoms with Crippen LogP contribution >= 0.6 is 0 Å². The Bertz CT molecular complexity index is 342. The zero-order valence-corrected chi connectivity index (χ0v) is 17.4. The van der Waals surface area contributed by atoms with E-state index >= 15 is 0 Å². The maximum absolute atomic E-state index is 11.2. The van der Waals surface area contributed by atoms with E-state index in [1.165, 1.54) is 6.08 Å². The molecule has 0 spiro atoms. The topological polar surface area (TPSA) is 65.0 Å². The quantitative estimate of drug-likeness (QED) is 0.299. The fourth-order valence-electron chi connectivity index (χ4n) is 1.73. The first-order chi connectivity index (χ1) is 9.37. The molecule has 21 heavy (non-hydrogen) atoms. The fourth-order valence-corrected chi connectivity index (χ4v) is 11.3. The highest BCUT2D eigenvalue weighted by molar-refractivity contribution is 6.85. The Labute approximate surface area is 131 Å². The van der Waals surface area contributed by atoms with Gasteiger partial charge in [0, 0.05) is 12.1 Å². The van der Waals surface area contributed by atoms with Crippen molar-refractivity contribution in [2.45, 2.75) is 58.7 Å². The molecule has 0 amide bonds. The van der Waals surface area contributed by atoms with E-state index < -0.39 is 25.4 Å². The highest BCUT2D eigenvalue weighted by Crippen LogP contribution is 2.23. The molecule has 124 valence electrons. The van der Waals surface area contributed by atoms with Gasteiger partial charge in [-0.2, -0.15) is 0 Å². The van der Waals surface area contributed by atoms with Crippen molar-refractivity contribution < 1.29 is 22.6 Å². The molecule has 8 heteroatoms. The molecule has 0 aromatic heterocycles. The molecule has 0 aromatic rings. The van der Waals surface area contributed by atoms with Gasteiger partial charge in [-0.3, -0.25) is 0 Å². The molecule has 0 aromatic carbocycles. The predicted molar refractivity (Wildman–Crippen MR) is 92.0 cm³/mol. The zero-order chi connectivity index (χ0) is 16.7. The standard InChI is InChI=1S/C13H30O5Si3/c1-8-10-13(14)16-11-9-12-21(15,17-19(2,3)4)18-20(5,6)7/h8,10,15H,9,11-12H2,1-7H3. The second kappa shape index (κ2) is 8.39. The molecule has 0 aliphatic rings. The lowest BCUT2D eigenvalue weighted by Crippen LogP contribution is -2.55. The van der Waals surface area contributed by atoms with Gasteiger partial charge in [0.2, 0.25) is 0 Å². The number of rotatable bonds is 9. The second-order valence-electron chi connectivity index (χ2n) is 6.91. The number of carbonyl (C=O) groups is 1. The van der Waals surface area contributed by atoms with E-state index in [4.69, 9.17) is 13.0 Å². The van der Waals surface area contributed by atoms with Crippen LogP contribution in [0.15, 0.2) is 12.2 Å². The third-order valence-corrected chi connectivity index (χ3v) is 10.6. The van der Waals surface area contributed by atoms with Crippen LogP contribution in [-0.4, -0.2) is 42.8 Å². The SMILES string of the molecule is CC=CC(=O)OCCC[Si](O)(O[Si](C)(C)C)O[Si](C)(C)C. The molecular weight excluding hydrogens is 320 g/mol. The van der Waals surface area contributed by atoms with Crippen LogP contribution in [0.25, 0.3) is 0 Å². The summed E-state index contributed by atoms with van der Waals surface area (Å²) in [4.78, 5) is 22.0. The summed E-state index contributed by atoms with van der Waals surface area (Å²) in [5.41, 5.74) is 0. The monoisotopic (exact) mass is 350 g/mol. The number of hydrogen-bond acceptors (Lipinski definition) is 5. The number of esters is 1. The lowest BCUT2D eigenvalue weighted by Gasteiger charge is -2.35. The van der Waals surface area contributed by atoms with Crippen molar-refractivity contribution in [2.75, 3.05) is 6.61 Å². The van der Waals surface area contributed by atoms with Gasteiger partial charge in [-0.1, -0.05) is 6.08 Å². The van der Waals surface area contributed by atoms with E-state index in [0.29, 0.717) is 12.5 Å². The van der Waals surface area contributed by atoms with Gasteiger partial charge in [0.1, 0.15) is 0 Å². The van der Waals surface area contributed by atoms with Crippen LogP contribution in [0.2, 0.25) is 45.3 Å². The molecule has 0 atom stereocenters. The van der Waals surface area contributed by atoms with E-state index in [-0.39, 0.29) is 12.6 Å². The Kier molecular flexibility index (Phi) is 8.29. The van der Waals surface area contributed by atoms with E-state index in [1.807, 2.05) is 39.3 Å². The number of hydrogen-bond donors (Lipinski definition) is 1. The van der Waals surface area contributed by atoms with E-state index in [1.54, 1.807) is 13.0 Å². The smallest absolute Gasteiger partial charge is 0.463 e. The minimum atomic E-state index is -3.20. The molecule has 0 saturated carbocycles. The molecule has 0 bridgehead atoms. The van der Waals surface area contributed by atoms with Crippen molar-refractivity contribution in [3.8, 4) is 0 Å². The normalized spacial score (nSPS) is 13.7. The fraction of sp³-hybridized carbons (Fsp3) is 0.769. The molecule has 0 aliphatic carbocycles. The van der Waals surface area contributed by atoms with Gasteiger partial charge in [-0.05, 0) is 52.6 Å². The van der Waals surface area contributed by atoms with Crippen molar-refractivity contribution in [3.63, 3.8) is 0 Å². The van der Waals surface area contributed by atoms with Crippen molar-refractivity contribution >= 4 is 31.4 Å². The average Bonchev–Trinajstić information content (AvgIpc) is 2.19. The third-order valence-electron chi connectivity index (χ3n) is 2.12. The lowest BCUT2D eigenvalue weighted by molar-refractivity contribution is -0.137. The Morgan fingerprint density at radius 1 is 1.05 bits per heavy atom. The van der Waals surface area contributed by atoms with Crippen LogP contribution in [0, 0.1) is 0 Å². The summed E-state index contributed by atoms with van der Waals surface area (Å²) in [6, 6.07) is 0.421. The first kappa shape index (κ1) is 20.7. The van der Waals surface area contributed by atoms with Crippen LogP contribution in [0.3, 0.4) is 0 Å². The van der Waals surface area contributed by atoms with Crippen LogP contribution < -0.4 is 0 Å². The number of ether oxygens (including phenoxy) is 1. The van der Waals surface area contributed by atoms with Gasteiger partial charge in [0.25, 0.3) is 0 Å². The van der Waals surface area contributed by atoms with Gasteiger partial charge >= 0.3 is 14.8 Å². The summed E-state index contributed by atoms with van der Waals surface area (Å²) in [5, 5.41) is 0. The molecule has 0 fully saturated rings. The second-order valence-corrected chi connectivity index (χ2v) is 18.9. The molecule has 0 saturated heterocycles. The maximum atomic E-state index is 11.2. The zero-order valence-electron chi connectivity index (χ0n) is 14.4. The molecule has 0 unspecified atom stereocenters. The molecular formula is C13H30O5Si3. The predicted octanol–water partition coefficient (Wildman–Crippen LogP) is 3.13. The largest absolute Gasteiger partial charge is 0.477 e. The van der Waals surface area contributed by atoms with Gasteiger partial charge in [0.15, 0.2) is 16.6 Å². The summed E-state index contributed by atoms with van der Waals surface area (Å²) >= 11 is 0. The number of carbonyl (C=O) groups excluding carboxylic acids is 1. The van der Waals surface area contributed by atoms with Crippen molar-refractivity contribution in [3.05, 3.63) is 12.2 Å². The molecule has 0 aliphatic heterocycles. The summed E-state index contributed by atoms with van der Waals surface area (Å²) in [5.74, 6) is -0.361. The first-order valence-electron chi connectivity index (χ1n) is 7.29. The summed E-state index contributed by atoms with van der Waals surface area (Å²) in [6.07, 6.45) is 3.55. The van der Waals surface area contributed by atoms with Gasteiger partial charge in [-0.15, -0.1) is 0 Å². The Morgan fingerprint density at radius 2 is 1.52 bits per heavy atom. The lowest BCUT2D eigenvalue weighted by atomic mass is 10.5. The molecule has 0 radical (unpaired) electrons. The highest BCUT2D eigenvalue weighted by atomic mass is 28.5. The first-order valence-corrected chi connectivity index (χ1v) is 16.1. The Balaban J connectivity index is 4.52. The molecule has 0 rings (SSSR count). The highest BCUT2D eigenvalue weighted by Gasteiger charge is 2.44. The molecule has 5 nitrogen and oxygen atoms in total. The molecule has 1 N–H and O–H groups in total. The molecule has 0 heterocycles. The van der Waals surface area contributed by atoms with Crippen LogP contribution in [0.1, 0.15) is 13.3 Å². The van der Waals surface area contributed by atoms with E-state index in [2.05, 4.69) is 0 Å². The summed E-state index contributed by atoms with van der Waals surface area (Å²) in [6.45, 7) is 14.2. The van der Waals surface area contributed by atoms with Crippen LogP contribution in [0.5, 0.6) is 0 Å². The third kappa shape index (κ3) is 12.0. The van der Waals surface area contributed by atoms with Gasteiger partial charge in [-0.25, -0.2) is 4.79 Å². The van der Waals surface area contributed by atoms with Gasteiger partial charge < -0.3 is 17.8 Å². The number of allylic oxidation sites excluding steroid dienone is 1. The Morgan fingerprint density at radius 3 is 1.90 bits per heavy atom.